The third-order valence-corrected chi connectivity index (χ3v) is 4.50. The quantitative estimate of drug-likeness (QED) is 0.723. The van der Waals surface area contributed by atoms with Gasteiger partial charge in [0.05, 0.1) is 5.69 Å². The fourth-order valence-corrected chi connectivity index (χ4v) is 3.08. The Bertz CT molecular complexity index is 841. The van der Waals surface area contributed by atoms with Crippen molar-refractivity contribution in [3.05, 3.63) is 60.0 Å². The number of fused-ring (bicyclic) bond motifs is 1. The summed E-state index contributed by atoms with van der Waals surface area (Å²) < 4.78 is 2.05. The molecule has 1 N–H and O–H groups in total. The number of hydrogen-bond donors (Lipinski definition) is 1. The highest BCUT2D eigenvalue weighted by molar-refractivity contribution is 7.98. The van der Waals surface area contributed by atoms with Crippen LogP contribution in [0.4, 0.5) is 5.69 Å². The van der Waals surface area contributed by atoms with Gasteiger partial charge in [0, 0.05) is 28.9 Å². The lowest BCUT2D eigenvalue weighted by Gasteiger charge is -2.07. The molecule has 0 aliphatic heterocycles. The topological polar surface area (TPSA) is 46.4 Å². The van der Waals surface area contributed by atoms with Crippen molar-refractivity contribution in [3.8, 4) is 0 Å². The van der Waals surface area contributed by atoms with E-state index in [-0.39, 0.29) is 5.91 Å². The van der Waals surface area contributed by atoms with Gasteiger partial charge < -0.3 is 9.72 Å². The Labute approximate surface area is 139 Å². The largest absolute Gasteiger partial charge is 0.326 e. The Balaban J connectivity index is 1.67. The Hall–Kier alpha value is -2.27. The van der Waals surface area contributed by atoms with Crippen LogP contribution in [0, 0.1) is 6.92 Å². The molecule has 0 bridgehead atoms. The molecular formula is C18H19N3OS. The van der Waals surface area contributed by atoms with Gasteiger partial charge in [-0.1, -0.05) is 12.1 Å². The van der Waals surface area contributed by atoms with Crippen molar-refractivity contribution < 1.29 is 4.79 Å². The van der Waals surface area contributed by atoms with E-state index in [9.17, 15) is 4.79 Å². The van der Waals surface area contributed by atoms with E-state index in [1.807, 2.05) is 61.8 Å². The first-order valence-corrected chi connectivity index (χ1v) is 8.76. The minimum Gasteiger partial charge on any atom is -0.326 e. The predicted octanol–water partition coefficient (Wildman–Crippen LogP) is 3.94. The van der Waals surface area contributed by atoms with Gasteiger partial charge >= 0.3 is 0 Å². The molecule has 1 amide bonds. The van der Waals surface area contributed by atoms with E-state index in [1.54, 1.807) is 11.8 Å². The van der Waals surface area contributed by atoms with Crippen LogP contribution >= 0.6 is 11.8 Å². The molecule has 2 aromatic heterocycles. The third kappa shape index (κ3) is 3.56. The maximum absolute atomic E-state index is 12.2. The van der Waals surface area contributed by atoms with Gasteiger partial charge in [0.25, 0.3) is 0 Å². The van der Waals surface area contributed by atoms with Crippen molar-refractivity contribution in [1.29, 1.82) is 0 Å². The molecule has 0 aliphatic carbocycles. The van der Waals surface area contributed by atoms with Crippen LogP contribution in [0.3, 0.4) is 0 Å². The van der Waals surface area contributed by atoms with Gasteiger partial charge in [0.15, 0.2) is 0 Å². The molecule has 23 heavy (non-hydrogen) atoms. The van der Waals surface area contributed by atoms with Crippen LogP contribution in [0.15, 0.2) is 53.6 Å². The third-order valence-electron chi connectivity index (χ3n) is 3.77. The molecule has 4 nitrogen and oxygen atoms in total. The van der Waals surface area contributed by atoms with E-state index in [4.69, 9.17) is 0 Å². The van der Waals surface area contributed by atoms with Crippen molar-refractivity contribution in [2.24, 2.45) is 0 Å². The van der Waals surface area contributed by atoms with Crippen LogP contribution in [0.5, 0.6) is 0 Å². The van der Waals surface area contributed by atoms with Crippen molar-refractivity contribution in [3.63, 3.8) is 0 Å². The van der Waals surface area contributed by atoms with Crippen molar-refractivity contribution >= 4 is 29.0 Å². The molecule has 5 heteroatoms. The molecule has 2 heterocycles. The van der Waals surface area contributed by atoms with Crippen LogP contribution < -0.4 is 5.32 Å². The first kappa shape index (κ1) is 15.6. The summed E-state index contributed by atoms with van der Waals surface area (Å²) in [6, 6.07) is 13.8. The summed E-state index contributed by atoms with van der Waals surface area (Å²) in [5.41, 5.74) is 3.84. The number of imidazole rings is 1. The van der Waals surface area contributed by atoms with E-state index in [1.165, 1.54) is 0 Å². The fraction of sp³-hybridized carbons (Fsp3) is 0.222. The second-order valence-electron chi connectivity index (χ2n) is 5.35. The van der Waals surface area contributed by atoms with Crippen LogP contribution in [0.25, 0.3) is 5.65 Å². The molecule has 0 radical (unpaired) electrons. The number of hydrogen-bond acceptors (Lipinski definition) is 3. The summed E-state index contributed by atoms with van der Waals surface area (Å²) in [5, 5.41) is 2.96. The van der Waals surface area contributed by atoms with E-state index in [0.29, 0.717) is 12.8 Å². The molecule has 118 valence electrons. The van der Waals surface area contributed by atoms with Gasteiger partial charge in [-0.05, 0) is 49.9 Å². The minimum absolute atomic E-state index is 0.0218. The number of pyridine rings is 1. The summed E-state index contributed by atoms with van der Waals surface area (Å²) in [6.45, 7) is 1.99. The number of carbonyl (C=O) groups is 1. The number of rotatable bonds is 5. The normalized spacial score (nSPS) is 10.9. The highest BCUT2D eigenvalue weighted by Crippen LogP contribution is 2.19. The molecule has 0 saturated carbocycles. The fourth-order valence-electron chi connectivity index (χ4n) is 2.62. The Morgan fingerprint density at radius 2 is 2.13 bits per heavy atom. The Morgan fingerprint density at radius 1 is 1.26 bits per heavy atom. The summed E-state index contributed by atoms with van der Waals surface area (Å²) in [5.74, 6) is 0.0218. The van der Waals surface area contributed by atoms with Crippen molar-refractivity contribution in [2.75, 3.05) is 11.6 Å². The molecular weight excluding hydrogens is 306 g/mol. The monoisotopic (exact) mass is 325 g/mol. The summed E-state index contributed by atoms with van der Waals surface area (Å²) >= 11 is 1.66. The number of nitrogens with one attached hydrogen (secondary N) is 1. The Morgan fingerprint density at radius 3 is 2.96 bits per heavy atom. The minimum atomic E-state index is 0.0218. The van der Waals surface area contributed by atoms with Crippen LogP contribution in [-0.4, -0.2) is 21.5 Å². The van der Waals surface area contributed by atoms with E-state index in [2.05, 4.69) is 14.7 Å². The van der Waals surface area contributed by atoms with Gasteiger partial charge in [-0.2, -0.15) is 0 Å². The lowest BCUT2D eigenvalue weighted by atomic mass is 10.2. The number of aromatic nitrogens is 2. The van der Waals surface area contributed by atoms with Gasteiger partial charge in [-0.25, -0.2) is 4.98 Å². The van der Waals surface area contributed by atoms with Gasteiger partial charge in [-0.15, -0.1) is 11.8 Å². The van der Waals surface area contributed by atoms with Crippen LogP contribution in [0.2, 0.25) is 0 Å². The first-order chi connectivity index (χ1) is 11.2. The smallest absolute Gasteiger partial charge is 0.224 e. The van der Waals surface area contributed by atoms with E-state index >= 15 is 0 Å². The van der Waals surface area contributed by atoms with E-state index < -0.39 is 0 Å². The number of carbonyl (C=O) groups excluding carboxylic acids is 1. The average Bonchev–Trinajstić information content (AvgIpc) is 2.88. The second kappa shape index (κ2) is 6.87. The molecule has 0 saturated heterocycles. The van der Waals surface area contributed by atoms with Crippen molar-refractivity contribution in [1.82, 2.24) is 9.38 Å². The highest BCUT2D eigenvalue weighted by atomic mass is 32.2. The second-order valence-corrected chi connectivity index (χ2v) is 6.23. The predicted molar refractivity (Wildman–Crippen MR) is 95.1 cm³/mol. The summed E-state index contributed by atoms with van der Waals surface area (Å²) in [7, 11) is 0. The number of thioether (sulfide) groups is 1. The molecule has 0 unspecified atom stereocenters. The standard InChI is InChI=1S/C18H19N3OS/c1-13-16(21-11-4-3-8-17(21)19-13)9-10-18(22)20-14-6-5-7-15(12-14)23-2/h3-8,11-12H,9-10H2,1-2H3,(H,20,22). The molecule has 0 fully saturated rings. The number of anilines is 1. The first-order valence-electron chi connectivity index (χ1n) is 7.54. The zero-order chi connectivity index (χ0) is 16.2. The number of benzene rings is 1. The zero-order valence-electron chi connectivity index (χ0n) is 13.2. The van der Waals surface area contributed by atoms with Crippen LogP contribution in [-0.2, 0) is 11.2 Å². The van der Waals surface area contributed by atoms with E-state index in [0.717, 1.165) is 27.6 Å². The van der Waals surface area contributed by atoms with Gasteiger partial charge in [0.1, 0.15) is 5.65 Å². The molecule has 0 aliphatic rings. The number of aryl methyl sites for hydroxylation is 2. The lowest BCUT2D eigenvalue weighted by molar-refractivity contribution is -0.116. The number of nitrogens with zero attached hydrogens (tertiary/aromatic N) is 2. The molecule has 3 aromatic rings. The molecule has 0 atom stereocenters. The molecule has 3 rings (SSSR count). The van der Waals surface area contributed by atoms with Gasteiger partial charge in [0.2, 0.25) is 5.91 Å². The highest BCUT2D eigenvalue weighted by Gasteiger charge is 2.10. The molecule has 1 aromatic carbocycles. The SMILES string of the molecule is CSc1cccc(NC(=O)CCc2c(C)nc3ccccn23)c1. The summed E-state index contributed by atoms with van der Waals surface area (Å²) in [4.78, 5) is 17.9. The zero-order valence-corrected chi connectivity index (χ0v) is 14.1. The summed E-state index contributed by atoms with van der Waals surface area (Å²) in [6.07, 6.45) is 5.12. The van der Waals surface area contributed by atoms with Crippen LogP contribution in [0.1, 0.15) is 17.8 Å². The Kier molecular flexibility index (Phi) is 4.67. The maximum atomic E-state index is 12.2. The van der Waals surface area contributed by atoms with Crippen molar-refractivity contribution in [2.45, 2.75) is 24.7 Å². The maximum Gasteiger partial charge on any atom is 0.224 e. The lowest BCUT2D eigenvalue weighted by Crippen LogP contribution is -2.13. The number of amides is 1. The average molecular weight is 325 g/mol. The molecule has 0 spiro atoms. The van der Waals surface area contributed by atoms with Gasteiger partial charge in [-0.3, -0.25) is 4.79 Å².